The molecule has 1 aromatic rings. The molecule has 0 amide bonds. The standard InChI is InChI=1S/C8H8F4N4O/c9-6(10)4-3-8(17,7(11)12)16(15-4)5-1-2-13-14-5/h1-2,6-7,17H,3H2,(H,13,14)/t8-/m0/s1. The van der Waals surface area contributed by atoms with Gasteiger partial charge in [-0.1, -0.05) is 0 Å². The van der Waals surface area contributed by atoms with Crippen molar-refractivity contribution in [2.24, 2.45) is 5.10 Å². The van der Waals surface area contributed by atoms with Crippen LogP contribution in [-0.4, -0.2) is 39.6 Å². The van der Waals surface area contributed by atoms with Crippen molar-refractivity contribution in [3.63, 3.8) is 0 Å². The zero-order valence-electron chi connectivity index (χ0n) is 8.32. The summed E-state index contributed by atoms with van der Waals surface area (Å²) in [6, 6.07) is 1.24. The highest BCUT2D eigenvalue weighted by atomic mass is 19.3. The summed E-state index contributed by atoms with van der Waals surface area (Å²) in [7, 11) is 0. The Hall–Kier alpha value is -1.64. The highest BCUT2D eigenvalue weighted by molar-refractivity contribution is 5.91. The van der Waals surface area contributed by atoms with Crippen LogP contribution in [0.4, 0.5) is 23.4 Å². The number of anilines is 1. The molecule has 94 valence electrons. The molecule has 17 heavy (non-hydrogen) atoms. The van der Waals surface area contributed by atoms with E-state index in [2.05, 4.69) is 15.3 Å². The first-order chi connectivity index (χ1) is 7.95. The number of halogens is 4. The molecular formula is C8H8F4N4O. The van der Waals surface area contributed by atoms with Crippen LogP contribution in [0.25, 0.3) is 0 Å². The molecule has 0 bridgehead atoms. The molecule has 0 aromatic carbocycles. The summed E-state index contributed by atoms with van der Waals surface area (Å²) >= 11 is 0. The number of nitrogens with one attached hydrogen (secondary N) is 1. The molecule has 5 nitrogen and oxygen atoms in total. The number of nitrogens with zero attached hydrogens (tertiary/aromatic N) is 3. The maximum absolute atomic E-state index is 12.8. The van der Waals surface area contributed by atoms with E-state index in [-0.39, 0.29) is 5.82 Å². The second-order valence-corrected chi connectivity index (χ2v) is 3.50. The van der Waals surface area contributed by atoms with Gasteiger partial charge >= 0.3 is 0 Å². The number of aliphatic hydroxyl groups is 1. The van der Waals surface area contributed by atoms with E-state index < -0.39 is 30.7 Å². The van der Waals surface area contributed by atoms with Crippen molar-refractivity contribution in [2.75, 3.05) is 5.01 Å². The van der Waals surface area contributed by atoms with Crippen LogP contribution >= 0.6 is 0 Å². The van der Waals surface area contributed by atoms with Gasteiger partial charge < -0.3 is 5.11 Å². The Labute approximate surface area is 92.7 Å². The third-order valence-electron chi connectivity index (χ3n) is 2.35. The fourth-order valence-electron chi connectivity index (χ4n) is 1.51. The van der Waals surface area contributed by atoms with Gasteiger partial charge in [-0.15, -0.1) is 0 Å². The summed E-state index contributed by atoms with van der Waals surface area (Å²) in [5, 5.41) is 19.2. The van der Waals surface area contributed by atoms with Crippen LogP contribution in [0.3, 0.4) is 0 Å². The lowest BCUT2D eigenvalue weighted by Crippen LogP contribution is -2.49. The fourth-order valence-corrected chi connectivity index (χ4v) is 1.51. The van der Waals surface area contributed by atoms with Crippen LogP contribution in [-0.2, 0) is 0 Å². The highest BCUT2D eigenvalue weighted by Crippen LogP contribution is 2.35. The van der Waals surface area contributed by atoms with Crippen LogP contribution in [0.2, 0.25) is 0 Å². The number of hydrogen-bond donors (Lipinski definition) is 2. The SMILES string of the molecule is O[C@]1(C(F)F)CC(C(F)F)=NN1c1ccn[nH]1. The summed E-state index contributed by atoms with van der Waals surface area (Å²) in [5.74, 6) is -0.0801. The first-order valence-electron chi connectivity index (χ1n) is 4.61. The van der Waals surface area contributed by atoms with Gasteiger partial charge in [0.2, 0.25) is 5.72 Å². The molecule has 2 rings (SSSR count). The third kappa shape index (κ3) is 1.86. The Morgan fingerprint density at radius 1 is 1.41 bits per heavy atom. The van der Waals surface area contributed by atoms with E-state index in [4.69, 9.17) is 0 Å². The number of aromatic nitrogens is 2. The van der Waals surface area contributed by atoms with E-state index in [9.17, 15) is 22.7 Å². The van der Waals surface area contributed by atoms with Gasteiger partial charge in [-0.25, -0.2) is 22.6 Å². The molecule has 0 radical (unpaired) electrons. The average molecular weight is 252 g/mol. The maximum Gasteiger partial charge on any atom is 0.287 e. The van der Waals surface area contributed by atoms with Crippen molar-refractivity contribution < 1.29 is 22.7 Å². The van der Waals surface area contributed by atoms with E-state index >= 15 is 0 Å². The van der Waals surface area contributed by atoms with Gasteiger partial charge in [0.25, 0.3) is 12.9 Å². The molecule has 1 aliphatic rings. The second kappa shape index (κ2) is 3.99. The normalized spacial score (nSPS) is 24.9. The van der Waals surface area contributed by atoms with Crippen molar-refractivity contribution in [1.29, 1.82) is 0 Å². The number of hydrogen-bond acceptors (Lipinski definition) is 4. The van der Waals surface area contributed by atoms with Crippen molar-refractivity contribution >= 4 is 11.5 Å². The topological polar surface area (TPSA) is 64.5 Å². The average Bonchev–Trinajstić information content (AvgIpc) is 2.84. The number of alkyl halides is 4. The Bertz CT molecular complexity index is 421. The van der Waals surface area contributed by atoms with Crippen molar-refractivity contribution in [3.8, 4) is 0 Å². The molecule has 2 N–H and O–H groups in total. The predicted molar refractivity (Wildman–Crippen MR) is 50.1 cm³/mol. The number of rotatable bonds is 3. The highest BCUT2D eigenvalue weighted by Gasteiger charge is 2.51. The van der Waals surface area contributed by atoms with Crippen LogP contribution in [0.15, 0.2) is 17.4 Å². The molecule has 9 heteroatoms. The molecule has 2 heterocycles. The molecule has 0 spiro atoms. The third-order valence-corrected chi connectivity index (χ3v) is 2.35. The second-order valence-electron chi connectivity index (χ2n) is 3.50. The lowest BCUT2D eigenvalue weighted by Gasteiger charge is -2.30. The van der Waals surface area contributed by atoms with Gasteiger partial charge in [0.05, 0.1) is 6.20 Å². The van der Waals surface area contributed by atoms with E-state index in [0.29, 0.717) is 5.01 Å². The minimum Gasteiger partial charge on any atom is -0.364 e. The monoisotopic (exact) mass is 252 g/mol. The van der Waals surface area contributed by atoms with Crippen LogP contribution in [0.1, 0.15) is 6.42 Å². The number of hydrazone groups is 1. The molecule has 0 saturated heterocycles. The minimum atomic E-state index is -3.24. The predicted octanol–water partition coefficient (Wildman–Crippen LogP) is 1.19. The van der Waals surface area contributed by atoms with E-state index in [1.54, 1.807) is 0 Å². The van der Waals surface area contributed by atoms with Gasteiger partial charge in [0.1, 0.15) is 11.5 Å². The maximum atomic E-state index is 12.8. The van der Waals surface area contributed by atoms with Gasteiger partial charge in [-0.05, 0) is 0 Å². The molecule has 0 unspecified atom stereocenters. The minimum absolute atomic E-state index is 0.0801. The first kappa shape index (κ1) is 11.8. The van der Waals surface area contributed by atoms with E-state index in [1.807, 2.05) is 0 Å². The van der Waals surface area contributed by atoms with Gasteiger partial charge in [-0.2, -0.15) is 10.2 Å². The summed E-state index contributed by atoms with van der Waals surface area (Å²) in [4.78, 5) is 0. The Morgan fingerprint density at radius 3 is 2.59 bits per heavy atom. The van der Waals surface area contributed by atoms with Crippen LogP contribution < -0.4 is 5.01 Å². The smallest absolute Gasteiger partial charge is 0.287 e. The summed E-state index contributed by atoms with van der Waals surface area (Å²) in [6.07, 6.45) is -5.92. The van der Waals surface area contributed by atoms with Gasteiger partial charge in [0, 0.05) is 12.5 Å². The molecular weight excluding hydrogens is 244 g/mol. The van der Waals surface area contributed by atoms with E-state index in [1.165, 1.54) is 12.3 Å². The van der Waals surface area contributed by atoms with Crippen LogP contribution in [0.5, 0.6) is 0 Å². The molecule has 0 fully saturated rings. The van der Waals surface area contributed by atoms with E-state index in [0.717, 1.165) is 0 Å². The molecule has 1 aromatic heterocycles. The largest absolute Gasteiger partial charge is 0.364 e. The zero-order chi connectivity index (χ0) is 12.6. The Kier molecular flexibility index (Phi) is 2.77. The zero-order valence-corrected chi connectivity index (χ0v) is 8.32. The number of H-pyrrole nitrogens is 1. The van der Waals surface area contributed by atoms with Crippen molar-refractivity contribution in [2.45, 2.75) is 25.0 Å². The lowest BCUT2D eigenvalue weighted by molar-refractivity contribution is -0.0876. The molecule has 0 aliphatic carbocycles. The van der Waals surface area contributed by atoms with Crippen molar-refractivity contribution in [1.82, 2.24) is 10.2 Å². The lowest BCUT2D eigenvalue weighted by atomic mass is 10.1. The molecule has 1 aliphatic heterocycles. The molecule has 1 atom stereocenters. The first-order valence-corrected chi connectivity index (χ1v) is 4.61. The summed E-state index contributed by atoms with van der Waals surface area (Å²) in [6.45, 7) is 0. The fraction of sp³-hybridized carbons (Fsp3) is 0.500. The summed E-state index contributed by atoms with van der Waals surface area (Å²) in [5.41, 5.74) is -3.56. The Balaban J connectivity index is 2.37. The van der Waals surface area contributed by atoms with Crippen molar-refractivity contribution in [3.05, 3.63) is 12.3 Å². The molecule has 0 saturated carbocycles. The number of aromatic amines is 1. The quantitative estimate of drug-likeness (QED) is 0.794. The summed E-state index contributed by atoms with van der Waals surface area (Å²) < 4.78 is 50.4. The Morgan fingerprint density at radius 2 is 2.12 bits per heavy atom. The van der Waals surface area contributed by atoms with Gasteiger partial charge in [-0.3, -0.25) is 5.10 Å². The van der Waals surface area contributed by atoms with Crippen LogP contribution in [0, 0.1) is 0 Å². The van der Waals surface area contributed by atoms with Gasteiger partial charge in [0.15, 0.2) is 0 Å².